The molecule has 0 aromatic heterocycles. The average Bonchev–Trinajstić information content (AvgIpc) is 2.40. The molecule has 0 unspecified atom stereocenters. The monoisotopic (exact) mass is 286 g/mol. The number of ketones is 1. The van der Waals surface area contributed by atoms with Gasteiger partial charge in [0.05, 0.1) is 13.2 Å². The van der Waals surface area contributed by atoms with Crippen LogP contribution >= 0.6 is 0 Å². The van der Waals surface area contributed by atoms with Crippen LogP contribution in [0.5, 0.6) is 0 Å². The van der Waals surface area contributed by atoms with E-state index in [1.807, 2.05) is 0 Å². The van der Waals surface area contributed by atoms with Crippen molar-refractivity contribution >= 4 is 17.6 Å². The second kappa shape index (κ2) is 8.65. The highest BCUT2D eigenvalue weighted by molar-refractivity contribution is 5.88. The molecule has 0 saturated heterocycles. The van der Waals surface area contributed by atoms with Crippen LogP contribution in [-0.2, 0) is 23.9 Å². The van der Waals surface area contributed by atoms with E-state index in [1.165, 1.54) is 7.11 Å². The van der Waals surface area contributed by atoms with Gasteiger partial charge in [-0.2, -0.15) is 0 Å². The molecule has 0 bridgehead atoms. The van der Waals surface area contributed by atoms with Crippen LogP contribution in [0.1, 0.15) is 25.7 Å². The van der Waals surface area contributed by atoms with Gasteiger partial charge in [0.1, 0.15) is 18.4 Å². The number of amides is 2. The topological polar surface area (TPSA) is 108 Å². The molecule has 20 heavy (non-hydrogen) atoms. The predicted molar refractivity (Wildman–Crippen MR) is 70.8 cm³/mol. The Bertz CT molecular complexity index is 359. The first-order valence-corrected chi connectivity index (χ1v) is 6.71. The van der Waals surface area contributed by atoms with Crippen molar-refractivity contribution in [1.82, 2.24) is 5.32 Å². The van der Waals surface area contributed by atoms with Crippen LogP contribution in [0.15, 0.2) is 0 Å². The number of primary amides is 1. The number of carbonyl (C=O) groups is 3. The van der Waals surface area contributed by atoms with Gasteiger partial charge < -0.3 is 20.5 Å². The molecule has 1 saturated carbocycles. The highest BCUT2D eigenvalue weighted by Gasteiger charge is 2.31. The first-order chi connectivity index (χ1) is 9.54. The standard InChI is InChI=1S/C13H22N2O5/c1-19-5-6-20-8-11(17)15-12(13(14)18)9-3-2-4-10(16)7-9/h9,12H,2-8H2,1H3,(H2,14,18)(H,15,17)/t9-,12+/m0/s1. The minimum absolute atomic E-state index is 0.109. The molecular weight excluding hydrogens is 264 g/mol. The predicted octanol–water partition coefficient (Wildman–Crippen LogP) is -0.621. The largest absolute Gasteiger partial charge is 0.382 e. The van der Waals surface area contributed by atoms with E-state index in [2.05, 4.69) is 5.32 Å². The number of ether oxygens (including phenoxy) is 2. The summed E-state index contributed by atoms with van der Waals surface area (Å²) in [6.07, 6.45) is 2.27. The van der Waals surface area contributed by atoms with Crippen LogP contribution in [0.3, 0.4) is 0 Å². The summed E-state index contributed by atoms with van der Waals surface area (Å²) in [6, 6.07) is -0.808. The highest BCUT2D eigenvalue weighted by atomic mass is 16.5. The molecule has 1 rings (SSSR count). The normalized spacial score (nSPS) is 20.4. The van der Waals surface area contributed by atoms with Gasteiger partial charge in [-0.15, -0.1) is 0 Å². The maximum atomic E-state index is 11.7. The van der Waals surface area contributed by atoms with Crippen molar-refractivity contribution in [3.8, 4) is 0 Å². The molecule has 2 atom stereocenters. The number of carbonyl (C=O) groups excluding carboxylic acids is 3. The van der Waals surface area contributed by atoms with Gasteiger partial charge in [0.2, 0.25) is 11.8 Å². The van der Waals surface area contributed by atoms with Crippen molar-refractivity contribution in [3.05, 3.63) is 0 Å². The minimum Gasteiger partial charge on any atom is -0.382 e. The fourth-order valence-electron chi connectivity index (χ4n) is 2.29. The highest BCUT2D eigenvalue weighted by Crippen LogP contribution is 2.24. The number of nitrogens with one attached hydrogen (secondary N) is 1. The molecule has 0 heterocycles. The van der Waals surface area contributed by atoms with Gasteiger partial charge in [-0.25, -0.2) is 0 Å². The number of hydrogen-bond donors (Lipinski definition) is 2. The zero-order valence-corrected chi connectivity index (χ0v) is 11.7. The van der Waals surface area contributed by atoms with Gasteiger partial charge in [0, 0.05) is 20.0 Å². The second-order valence-electron chi connectivity index (χ2n) is 4.89. The Morgan fingerprint density at radius 3 is 2.80 bits per heavy atom. The Labute approximate surface area is 118 Å². The Balaban J connectivity index is 2.44. The van der Waals surface area contributed by atoms with Crippen molar-refractivity contribution in [2.24, 2.45) is 11.7 Å². The number of nitrogens with two attached hydrogens (primary N) is 1. The van der Waals surface area contributed by atoms with Gasteiger partial charge in [-0.05, 0) is 18.8 Å². The maximum absolute atomic E-state index is 11.7. The SMILES string of the molecule is COCCOCC(=O)N[C@@H](C(N)=O)[C@H]1CCCC(=O)C1. The van der Waals surface area contributed by atoms with Crippen molar-refractivity contribution in [2.45, 2.75) is 31.7 Å². The first kappa shape index (κ1) is 16.6. The summed E-state index contributed by atoms with van der Waals surface area (Å²) in [5, 5.41) is 2.55. The summed E-state index contributed by atoms with van der Waals surface area (Å²) in [7, 11) is 1.53. The molecular formula is C13H22N2O5. The van der Waals surface area contributed by atoms with Crippen molar-refractivity contribution < 1.29 is 23.9 Å². The lowest BCUT2D eigenvalue weighted by Gasteiger charge is -2.28. The van der Waals surface area contributed by atoms with E-state index < -0.39 is 17.9 Å². The molecule has 7 heteroatoms. The Morgan fingerprint density at radius 2 is 2.20 bits per heavy atom. The molecule has 7 nitrogen and oxygen atoms in total. The fraction of sp³-hybridized carbons (Fsp3) is 0.769. The second-order valence-corrected chi connectivity index (χ2v) is 4.89. The van der Waals surface area contributed by atoms with Gasteiger partial charge in [0.25, 0.3) is 0 Å². The Hall–Kier alpha value is -1.47. The van der Waals surface area contributed by atoms with Crippen molar-refractivity contribution in [2.75, 3.05) is 26.9 Å². The van der Waals surface area contributed by atoms with Crippen molar-refractivity contribution in [1.29, 1.82) is 0 Å². The minimum atomic E-state index is -0.808. The molecule has 2 amide bonds. The third kappa shape index (κ3) is 5.66. The van der Waals surface area contributed by atoms with E-state index >= 15 is 0 Å². The molecule has 0 aromatic carbocycles. The van der Waals surface area contributed by atoms with E-state index in [0.717, 1.165) is 6.42 Å². The zero-order valence-electron chi connectivity index (χ0n) is 11.7. The molecule has 0 aromatic rings. The lowest BCUT2D eigenvalue weighted by molar-refractivity contribution is -0.133. The van der Waals surface area contributed by atoms with Gasteiger partial charge in [-0.3, -0.25) is 14.4 Å². The third-order valence-electron chi connectivity index (χ3n) is 3.28. The number of hydrogen-bond acceptors (Lipinski definition) is 5. The first-order valence-electron chi connectivity index (χ1n) is 6.71. The molecule has 1 fully saturated rings. The smallest absolute Gasteiger partial charge is 0.246 e. The van der Waals surface area contributed by atoms with Gasteiger partial charge in [-0.1, -0.05) is 0 Å². The number of Topliss-reactive ketones (excluding diaryl/α,β-unsaturated/α-hetero) is 1. The molecule has 1 aliphatic rings. The summed E-state index contributed by atoms with van der Waals surface area (Å²) >= 11 is 0. The summed E-state index contributed by atoms with van der Waals surface area (Å²) in [4.78, 5) is 34.6. The van der Waals surface area contributed by atoms with E-state index in [-0.39, 0.29) is 18.3 Å². The molecule has 0 radical (unpaired) electrons. The quantitative estimate of drug-likeness (QED) is 0.578. The van der Waals surface area contributed by atoms with Gasteiger partial charge >= 0.3 is 0 Å². The summed E-state index contributed by atoms with van der Waals surface area (Å²) < 4.78 is 9.85. The zero-order chi connectivity index (χ0) is 15.0. The van der Waals surface area contributed by atoms with E-state index in [9.17, 15) is 14.4 Å². The summed E-state index contributed by atoms with van der Waals surface area (Å²) in [5.74, 6) is -1.13. The lowest BCUT2D eigenvalue weighted by atomic mass is 9.83. The average molecular weight is 286 g/mol. The number of methoxy groups -OCH3 is 1. The van der Waals surface area contributed by atoms with Crippen LogP contribution in [0.4, 0.5) is 0 Å². The van der Waals surface area contributed by atoms with Crippen LogP contribution in [0, 0.1) is 5.92 Å². The summed E-state index contributed by atoms with van der Waals surface area (Å²) in [6.45, 7) is 0.532. The third-order valence-corrected chi connectivity index (χ3v) is 3.28. The molecule has 0 spiro atoms. The van der Waals surface area contributed by atoms with Crippen LogP contribution < -0.4 is 11.1 Å². The lowest BCUT2D eigenvalue weighted by Crippen LogP contribution is -2.51. The molecule has 3 N–H and O–H groups in total. The van der Waals surface area contributed by atoms with E-state index in [4.69, 9.17) is 15.2 Å². The van der Waals surface area contributed by atoms with Crippen LogP contribution in [-0.4, -0.2) is 50.6 Å². The number of rotatable bonds is 8. The van der Waals surface area contributed by atoms with Gasteiger partial charge in [0.15, 0.2) is 0 Å². The Morgan fingerprint density at radius 1 is 1.45 bits per heavy atom. The molecule has 0 aliphatic heterocycles. The molecule has 1 aliphatic carbocycles. The van der Waals surface area contributed by atoms with E-state index in [1.54, 1.807) is 0 Å². The van der Waals surface area contributed by atoms with Crippen molar-refractivity contribution in [3.63, 3.8) is 0 Å². The van der Waals surface area contributed by atoms with E-state index in [0.29, 0.717) is 32.5 Å². The maximum Gasteiger partial charge on any atom is 0.246 e. The van der Waals surface area contributed by atoms with Crippen LogP contribution in [0.25, 0.3) is 0 Å². The fourth-order valence-corrected chi connectivity index (χ4v) is 2.29. The molecule has 114 valence electrons. The Kier molecular flexibility index (Phi) is 7.17. The van der Waals surface area contributed by atoms with Crippen LogP contribution in [0.2, 0.25) is 0 Å². The summed E-state index contributed by atoms with van der Waals surface area (Å²) in [5.41, 5.74) is 5.31.